The molecular weight excluding hydrogens is 222 g/mol. The first-order valence-corrected chi connectivity index (χ1v) is 4.21. The summed E-state index contributed by atoms with van der Waals surface area (Å²) in [4.78, 5) is 0. The summed E-state index contributed by atoms with van der Waals surface area (Å²) in [7, 11) is 1.55. The monoisotopic (exact) mass is 231 g/mol. The predicted molar refractivity (Wildman–Crippen MR) is 51.0 cm³/mol. The zero-order valence-electron chi connectivity index (χ0n) is 6.67. The van der Waals surface area contributed by atoms with Crippen LogP contribution >= 0.6 is 15.9 Å². The number of methoxy groups -OCH3 is 1. The maximum Gasteiger partial charge on any atom is 0.155 e. The van der Waals surface area contributed by atoms with Crippen molar-refractivity contribution in [3.8, 4) is 5.75 Å². The number of aliphatic hydroxyl groups is 1. The van der Waals surface area contributed by atoms with Gasteiger partial charge < -0.3 is 15.6 Å². The quantitative estimate of drug-likeness (QED) is 0.760. The number of rotatable bonds is 2. The molecule has 1 rings (SSSR count). The van der Waals surface area contributed by atoms with Crippen molar-refractivity contribution in [2.24, 2.45) is 0 Å². The smallest absolute Gasteiger partial charge is 0.155 e. The van der Waals surface area contributed by atoms with E-state index in [2.05, 4.69) is 15.9 Å². The zero-order valence-corrected chi connectivity index (χ0v) is 8.26. The van der Waals surface area contributed by atoms with E-state index in [1.54, 1.807) is 19.2 Å². The molecule has 0 aliphatic heterocycles. The minimum absolute atomic E-state index is 0.0210. The van der Waals surface area contributed by atoms with Crippen LogP contribution in [0.4, 0.5) is 5.69 Å². The van der Waals surface area contributed by atoms with Crippen molar-refractivity contribution in [2.45, 2.75) is 6.61 Å². The van der Waals surface area contributed by atoms with E-state index >= 15 is 0 Å². The summed E-state index contributed by atoms with van der Waals surface area (Å²) in [5.41, 5.74) is 6.93. The molecule has 66 valence electrons. The lowest BCUT2D eigenvalue weighted by atomic mass is 10.2. The molecule has 0 aromatic heterocycles. The van der Waals surface area contributed by atoms with Gasteiger partial charge in [-0.05, 0) is 33.6 Å². The van der Waals surface area contributed by atoms with Crippen molar-refractivity contribution in [1.82, 2.24) is 0 Å². The highest BCUT2D eigenvalue weighted by Gasteiger charge is 2.05. The van der Waals surface area contributed by atoms with Gasteiger partial charge in [0.1, 0.15) is 0 Å². The van der Waals surface area contributed by atoms with Gasteiger partial charge in [-0.15, -0.1) is 0 Å². The summed E-state index contributed by atoms with van der Waals surface area (Å²) in [6, 6.07) is 3.46. The number of ether oxygens (including phenoxy) is 1. The lowest BCUT2D eigenvalue weighted by molar-refractivity contribution is 0.281. The molecule has 0 saturated carbocycles. The molecule has 0 heterocycles. The van der Waals surface area contributed by atoms with Gasteiger partial charge >= 0.3 is 0 Å². The molecule has 0 spiro atoms. The summed E-state index contributed by atoms with van der Waals surface area (Å²) < 4.78 is 5.78. The van der Waals surface area contributed by atoms with Crippen molar-refractivity contribution in [3.05, 3.63) is 22.2 Å². The van der Waals surface area contributed by atoms with E-state index in [0.29, 0.717) is 11.4 Å². The molecule has 3 N–H and O–H groups in total. The second kappa shape index (κ2) is 3.78. The molecule has 12 heavy (non-hydrogen) atoms. The lowest BCUT2D eigenvalue weighted by Crippen LogP contribution is -1.95. The Morgan fingerprint density at radius 3 is 2.67 bits per heavy atom. The largest absolute Gasteiger partial charge is 0.493 e. The Hall–Kier alpha value is -0.740. The number of nitrogen functional groups attached to an aromatic ring is 1. The highest BCUT2D eigenvalue weighted by Crippen LogP contribution is 2.32. The summed E-state index contributed by atoms with van der Waals surface area (Å²) in [6.07, 6.45) is 0. The third-order valence-corrected chi connectivity index (χ3v) is 2.11. The fourth-order valence-corrected chi connectivity index (χ4v) is 1.66. The van der Waals surface area contributed by atoms with Crippen LogP contribution < -0.4 is 10.5 Å². The van der Waals surface area contributed by atoms with Gasteiger partial charge in [-0.3, -0.25) is 0 Å². The van der Waals surface area contributed by atoms with Crippen LogP contribution in [0.15, 0.2) is 16.6 Å². The van der Waals surface area contributed by atoms with E-state index in [0.717, 1.165) is 10.0 Å². The Bertz CT molecular complexity index is 265. The standard InChI is InChI=1S/C8H10BrNO2/c1-12-8-6(9)2-5(4-11)3-7(8)10/h2-3,11H,4,10H2,1H3. The number of halogens is 1. The highest BCUT2D eigenvalue weighted by atomic mass is 79.9. The van der Waals surface area contributed by atoms with Crippen molar-refractivity contribution >= 4 is 21.6 Å². The maximum absolute atomic E-state index is 8.83. The molecule has 1 aromatic carbocycles. The SMILES string of the molecule is COc1c(N)cc(CO)cc1Br. The Kier molecular flexibility index (Phi) is 2.94. The number of hydrogen-bond donors (Lipinski definition) is 2. The van der Waals surface area contributed by atoms with Crippen molar-refractivity contribution < 1.29 is 9.84 Å². The fourth-order valence-electron chi connectivity index (χ4n) is 0.980. The highest BCUT2D eigenvalue weighted by molar-refractivity contribution is 9.10. The van der Waals surface area contributed by atoms with E-state index in [-0.39, 0.29) is 6.61 Å². The minimum atomic E-state index is -0.0210. The molecule has 0 amide bonds. The van der Waals surface area contributed by atoms with Crippen molar-refractivity contribution in [3.63, 3.8) is 0 Å². The molecule has 0 atom stereocenters. The van der Waals surface area contributed by atoms with Crippen molar-refractivity contribution in [2.75, 3.05) is 12.8 Å². The minimum Gasteiger partial charge on any atom is -0.493 e. The van der Waals surface area contributed by atoms with Gasteiger partial charge in [0.05, 0.1) is 23.9 Å². The van der Waals surface area contributed by atoms with Crippen LogP contribution in [0.1, 0.15) is 5.56 Å². The molecule has 3 nitrogen and oxygen atoms in total. The average molecular weight is 232 g/mol. The first-order valence-electron chi connectivity index (χ1n) is 3.41. The van der Waals surface area contributed by atoms with Gasteiger partial charge in [0, 0.05) is 0 Å². The van der Waals surface area contributed by atoms with E-state index in [1.165, 1.54) is 0 Å². The van der Waals surface area contributed by atoms with Gasteiger partial charge in [0.15, 0.2) is 5.75 Å². The van der Waals surface area contributed by atoms with E-state index in [1.807, 2.05) is 0 Å². The average Bonchev–Trinajstić information content (AvgIpc) is 2.03. The Morgan fingerprint density at radius 2 is 2.25 bits per heavy atom. The van der Waals surface area contributed by atoms with Crippen LogP contribution in [0.2, 0.25) is 0 Å². The third kappa shape index (κ3) is 1.70. The summed E-state index contributed by atoms with van der Waals surface area (Å²) in [6.45, 7) is -0.0210. The molecule has 0 unspecified atom stereocenters. The summed E-state index contributed by atoms with van der Waals surface area (Å²) >= 11 is 3.28. The summed E-state index contributed by atoms with van der Waals surface area (Å²) in [5, 5.41) is 8.83. The fraction of sp³-hybridized carbons (Fsp3) is 0.250. The van der Waals surface area contributed by atoms with E-state index in [9.17, 15) is 0 Å². The molecule has 0 radical (unpaired) electrons. The Balaban J connectivity index is 3.18. The zero-order chi connectivity index (χ0) is 9.14. The van der Waals surface area contributed by atoms with Crippen LogP contribution in [-0.2, 0) is 6.61 Å². The molecule has 0 bridgehead atoms. The molecule has 0 aliphatic carbocycles. The molecular formula is C8H10BrNO2. The van der Waals surface area contributed by atoms with Gasteiger partial charge in [-0.1, -0.05) is 0 Å². The maximum atomic E-state index is 8.83. The van der Waals surface area contributed by atoms with Crippen LogP contribution in [0.25, 0.3) is 0 Å². The topological polar surface area (TPSA) is 55.5 Å². The second-order valence-corrected chi connectivity index (χ2v) is 3.21. The van der Waals surface area contributed by atoms with Crippen LogP contribution in [0.5, 0.6) is 5.75 Å². The Labute approximate surface area is 79.3 Å². The number of aliphatic hydroxyl groups excluding tert-OH is 1. The number of nitrogens with two attached hydrogens (primary N) is 1. The van der Waals surface area contributed by atoms with Gasteiger partial charge in [0.2, 0.25) is 0 Å². The molecule has 0 fully saturated rings. The van der Waals surface area contributed by atoms with E-state index in [4.69, 9.17) is 15.6 Å². The van der Waals surface area contributed by atoms with Gasteiger partial charge in [-0.2, -0.15) is 0 Å². The number of hydrogen-bond acceptors (Lipinski definition) is 3. The normalized spacial score (nSPS) is 9.92. The Morgan fingerprint density at radius 1 is 1.58 bits per heavy atom. The lowest BCUT2D eigenvalue weighted by Gasteiger charge is -2.08. The first-order chi connectivity index (χ1) is 5.69. The van der Waals surface area contributed by atoms with Gasteiger partial charge in [0.25, 0.3) is 0 Å². The van der Waals surface area contributed by atoms with Gasteiger partial charge in [-0.25, -0.2) is 0 Å². The molecule has 0 aliphatic rings. The van der Waals surface area contributed by atoms with Crippen LogP contribution in [0.3, 0.4) is 0 Å². The van der Waals surface area contributed by atoms with E-state index < -0.39 is 0 Å². The molecule has 1 aromatic rings. The second-order valence-electron chi connectivity index (χ2n) is 2.36. The van der Waals surface area contributed by atoms with Crippen LogP contribution in [0, 0.1) is 0 Å². The number of benzene rings is 1. The third-order valence-electron chi connectivity index (χ3n) is 1.52. The molecule has 0 saturated heterocycles. The van der Waals surface area contributed by atoms with Crippen LogP contribution in [-0.4, -0.2) is 12.2 Å². The summed E-state index contributed by atoms with van der Waals surface area (Å²) in [5.74, 6) is 0.604. The number of anilines is 1. The van der Waals surface area contributed by atoms with Crippen molar-refractivity contribution in [1.29, 1.82) is 0 Å². The first kappa shape index (κ1) is 9.35. The molecule has 4 heteroatoms. The predicted octanol–water partition coefficient (Wildman–Crippen LogP) is 1.53.